The van der Waals surface area contributed by atoms with Gasteiger partial charge in [0.15, 0.2) is 21.9 Å². The van der Waals surface area contributed by atoms with E-state index in [4.69, 9.17) is 0 Å². The molecule has 0 radical (unpaired) electrons. The molecule has 0 spiro atoms. The molecule has 1 N–H and O–H groups in total. The van der Waals surface area contributed by atoms with E-state index >= 15 is 0 Å². The molecule has 2 rings (SSSR count). The summed E-state index contributed by atoms with van der Waals surface area (Å²) in [6.07, 6.45) is 0.343. The molecule has 0 aliphatic heterocycles. The van der Waals surface area contributed by atoms with Crippen LogP contribution in [0.1, 0.15) is 12.6 Å². The summed E-state index contributed by atoms with van der Waals surface area (Å²) in [5, 5.41) is 20.6. The fourth-order valence-electron chi connectivity index (χ4n) is 2.05. The standard InChI is InChI=1S/C13H14BrN3O5S/c1-9(18)6-16-8-15-12(13(16)17(19)20)7-23(21,22)11-4-2-10(14)3-5-11/h2-5,8-9,18H,6-7H2,1H3. The maximum absolute atomic E-state index is 12.4. The van der Waals surface area contributed by atoms with Crippen LogP contribution in [0.3, 0.4) is 0 Å². The van der Waals surface area contributed by atoms with Crippen molar-refractivity contribution in [3.05, 3.63) is 50.9 Å². The average molecular weight is 404 g/mol. The molecule has 1 heterocycles. The molecule has 0 amide bonds. The molecule has 124 valence electrons. The summed E-state index contributed by atoms with van der Waals surface area (Å²) < 4.78 is 26.6. The molecule has 10 heteroatoms. The first kappa shape index (κ1) is 17.6. The van der Waals surface area contributed by atoms with Crippen LogP contribution < -0.4 is 0 Å². The van der Waals surface area contributed by atoms with Crippen molar-refractivity contribution in [1.29, 1.82) is 0 Å². The zero-order chi connectivity index (χ0) is 17.2. The van der Waals surface area contributed by atoms with Crippen molar-refractivity contribution in [2.24, 2.45) is 0 Å². The molecule has 0 fully saturated rings. The molecule has 0 bridgehead atoms. The Morgan fingerprint density at radius 3 is 2.52 bits per heavy atom. The van der Waals surface area contributed by atoms with Crippen LogP contribution >= 0.6 is 15.9 Å². The summed E-state index contributed by atoms with van der Waals surface area (Å²) in [5.74, 6) is -1.01. The Morgan fingerprint density at radius 1 is 1.39 bits per heavy atom. The zero-order valence-electron chi connectivity index (χ0n) is 12.1. The smallest absolute Gasteiger partial charge is 0.347 e. The monoisotopic (exact) mass is 403 g/mol. The van der Waals surface area contributed by atoms with E-state index in [0.717, 1.165) is 15.4 Å². The van der Waals surface area contributed by atoms with Gasteiger partial charge in [-0.2, -0.15) is 0 Å². The molecular formula is C13H14BrN3O5S. The van der Waals surface area contributed by atoms with E-state index in [-0.39, 0.29) is 17.1 Å². The molecule has 0 saturated carbocycles. The number of rotatable bonds is 6. The first-order chi connectivity index (χ1) is 10.7. The lowest BCUT2D eigenvalue weighted by Gasteiger charge is -2.05. The molecule has 1 atom stereocenters. The number of sulfone groups is 1. The summed E-state index contributed by atoms with van der Waals surface area (Å²) in [4.78, 5) is 14.4. The highest BCUT2D eigenvalue weighted by atomic mass is 79.9. The number of halogens is 1. The normalized spacial score (nSPS) is 13.0. The second kappa shape index (κ2) is 6.77. The number of aromatic nitrogens is 2. The lowest BCUT2D eigenvalue weighted by Crippen LogP contribution is -2.14. The van der Waals surface area contributed by atoms with Gasteiger partial charge in [0.25, 0.3) is 0 Å². The van der Waals surface area contributed by atoms with Gasteiger partial charge in [0.1, 0.15) is 12.3 Å². The highest BCUT2D eigenvalue weighted by Gasteiger charge is 2.27. The van der Waals surface area contributed by atoms with Crippen molar-refractivity contribution < 1.29 is 18.4 Å². The second-order valence-corrected chi connectivity index (χ2v) is 7.89. The van der Waals surface area contributed by atoms with E-state index < -0.39 is 32.4 Å². The van der Waals surface area contributed by atoms with Gasteiger partial charge in [-0.1, -0.05) is 15.9 Å². The van der Waals surface area contributed by atoms with Crippen molar-refractivity contribution in [2.75, 3.05) is 0 Å². The van der Waals surface area contributed by atoms with Gasteiger partial charge >= 0.3 is 5.82 Å². The third-order valence-electron chi connectivity index (χ3n) is 3.02. The fraction of sp³-hybridized carbons (Fsp3) is 0.308. The number of aliphatic hydroxyl groups is 1. The Labute approximate surface area is 141 Å². The van der Waals surface area contributed by atoms with Gasteiger partial charge in [-0.3, -0.25) is 0 Å². The Kier molecular flexibility index (Phi) is 5.17. The van der Waals surface area contributed by atoms with Gasteiger partial charge < -0.3 is 15.2 Å². The predicted molar refractivity (Wildman–Crippen MR) is 85.6 cm³/mol. The van der Waals surface area contributed by atoms with Crippen LogP contribution in [0, 0.1) is 10.1 Å². The molecule has 1 aromatic heterocycles. The van der Waals surface area contributed by atoms with Crippen LogP contribution in [0.15, 0.2) is 40.0 Å². The van der Waals surface area contributed by atoms with Gasteiger partial charge in [-0.05, 0) is 36.1 Å². The van der Waals surface area contributed by atoms with Crippen LogP contribution in [0.4, 0.5) is 5.82 Å². The number of nitrogens with zero attached hydrogens (tertiary/aromatic N) is 3. The van der Waals surface area contributed by atoms with E-state index in [0.29, 0.717) is 0 Å². The van der Waals surface area contributed by atoms with Gasteiger partial charge in [0.2, 0.25) is 0 Å². The number of aliphatic hydroxyl groups excluding tert-OH is 1. The zero-order valence-corrected chi connectivity index (χ0v) is 14.5. The summed E-state index contributed by atoms with van der Waals surface area (Å²) >= 11 is 3.21. The van der Waals surface area contributed by atoms with E-state index in [9.17, 15) is 23.6 Å². The van der Waals surface area contributed by atoms with E-state index in [2.05, 4.69) is 20.9 Å². The topological polar surface area (TPSA) is 115 Å². The quantitative estimate of drug-likeness (QED) is 0.581. The Morgan fingerprint density at radius 2 is 2.00 bits per heavy atom. The number of imidazole rings is 1. The molecule has 1 unspecified atom stereocenters. The molecule has 0 aliphatic carbocycles. The van der Waals surface area contributed by atoms with Crippen molar-refractivity contribution in [3.63, 3.8) is 0 Å². The minimum atomic E-state index is -3.76. The van der Waals surface area contributed by atoms with E-state index in [1.807, 2.05) is 0 Å². The maximum atomic E-state index is 12.4. The second-order valence-electron chi connectivity index (χ2n) is 4.99. The van der Waals surface area contributed by atoms with Crippen molar-refractivity contribution in [1.82, 2.24) is 9.55 Å². The molecule has 1 aromatic carbocycles. The third-order valence-corrected chi connectivity index (χ3v) is 5.19. The fourth-order valence-corrected chi connectivity index (χ4v) is 3.60. The average Bonchev–Trinajstić information content (AvgIpc) is 2.80. The van der Waals surface area contributed by atoms with Crippen molar-refractivity contribution in [2.45, 2.75) is 30.2 Å². The molecule has 0 aliphatic rings. The molecular weight excluding hydrogens is 390 g/mol. The number of hydrogen-bond acceptors (Lipinski definition) is 6. The number of nitro groups is 1. The summed E-state index contributed by atoms with van der Waals surface area (Å²) in [5.41, 5.74) is -0.154. The van der Waals surface area contributed by atoms with Crippen molar-refractivity contribution in [3.8, 4) is 0 Å². The molecule has 0 saturated heterocycles. The SMILES string of the molecule is CC(O)Cn1cnc(CS(=O)(=O)c2ccc(Br)cc2)c1[N+](=O)[O-]. The first-order valence-electron chi connectivity index (χ1n) is 6.55. The van der Waals surface area contributed by atoms with Crippen LogP contribution in [0.25, 0.3) is 0 Å². The predicted octanol–water partition coefficient (Wildman–Crippen LogP) is 1.91. The van der Waals surface area contributed by atoms with Gasteiger partial charge in [-0.15, -0.1) is 0 Å². The molecule has 23 heavy (non-hydrogen) atoms. The van der Waals surface area contributed by atoms with Gasteiger partial charge in [-0.25, -0.2) is 18.0 Å². The highest BCUT2D eigenvalue weighted by molar-refractivity contribution is 9.10. The van der Waals surface area contributed by atoms with Crippen LogP contribution in [0.5, 0.6) is 0 Å². The minimum absolute atomic E-state index is 0.0400. The largest absolute Gasteiger partial charge is 0.389 e. The Hall–Kier alpha value is -1.78. The summed E-state index contributed by atoms with van der Waals surface area (Å²) in [6, 6.07) is 5.98. The number of hydrogen-bond donors (Lipinski definition) is 1. The van der Waals surface area contributed by atoms with E-state index in [1.54, 1.807) is 12.1 Å². The van der Waals surface area contributed by atoms with Crippen LogP contribution in [-0.2, 0) is 22.1 Å². The minimum Gasteiger partial charge on any atom is -0.389 e. The highest BCUT2D eigenvalue weighted by Crippen LogP contribution is 2.24. The summed E-state index contributed by atoms with van der Waals surface area (Å²) in [6.45, 7) is 1.43. The summed E-state index contributed by atoms with van der Waals surface area (Å²) in [7, 11) is -3.76. The third kappa shape index (κ3) is 4.15. The maximum Gasteiger partial charge on any atom is 0.347 e. The van der Waals surface area contributed by atoms with Crippen LogP contribution in [-0.4, -0.2) is 34.1 Å². The number of benzene rings is 1. The van der Waals surface area contributed by atoms with Gasteiger partial charge in [0, 0.05) is 4.47 Å². The molecule has 8 nitrogen and oxygen atoms in total. The van der Waals surface area contributed by atoms with Crippen molar-refractivity contribution >= 4 is 31.6 Å². The van der Waals surface area contributed by atoms with Crippen LogP contribution in [0.2, 0.25) is 0 Å². The Bertz CT molecular complexity index is 815. The lowest BCUT2D eigenvalue weighted by molar-refractivity contribution is -0.393. The lowest BCUT2D eigenvalue weighted by atomic mass is 10.4. The molecule has 2 aromatic rings. The first-order valence-corrected chi connectivity index (χ1v) is 9.00. The van der Waals surface area contributed by atoms with E-state index in [1.165, 1.54) is 19.1 Å². The van der Waals surface area contributed by atoms with Gasteiger partial charge in [0.05, 0.1) is 11.0 Å². The Balaban J connectivity index is 2.37.